The van der Waals surface area contributed by atoms with Crippen LogP contribution in [-0.4, -0.2) is 30.4 Å². The summed E-state index contributed by atoms with van der Waals surface area (Å²) in [7, 11) is 0. The molecule has 2 heterocycles. The Hall–Kier alpha value is -3.20. The molecule has 0 aliphatic rings. The Morgan fingerprint density at radius 1 is 1.37 bits per heavy atom. The lowest BCUT2D eigenvalue weighted by atomic mass is 10.2. The predicted molar refractivity (Wildman–Crippen MR) is 99.8 cm³/mol. The number of hydrogen-bond acceptors (Lipinski definition) is 5. The fraction of sp³-hybridized carbons (Fsp3) is 0.235. The Morgan fingerprint density at radius 2 is 2.15 bits per heavy atom. The number of carbonyl (C=O) groups excluding carboxylic acids is 1. The maximum absolute atomic E-state index is 12.3. The van der Waals surface area contributed by atoms with E-state index in [-0.39, 0.29) is 18.1 Å². The molecule has 1 aromatic carbocycles. The number of nitrogens with one attached hydrogen (secondary N) is 1. The summed E-state index contributed by atoms with van der Waals surface area (Å²) in [5, 5.41) is 22.4. The summed E-state index contributed by atoms with van der Waals surface area (Å²) in [6.07, 6.45) is 2.31. The van der Waals surface area contributed by atoms with Crippen LogP contribution in [0.1, 0.15) is 17.0 Å². The number of amides is 1. The Morgan fingerprint density at radius 3 is 2.81 bits per heavy atom. The van der Waals surface area contributed by atoms with Gasteiger partial charge in [0.1, 0.15) is 18.9 Å². The third kappa shape index (κ3) is 4.32. The number of carbonyl (C=O) groups is 1. The van der Waals surface area contributed by atoms with E-state index < -0.39 is 4.92 Å². The molecule has 140 valence electrons. The van der Waals surface area contributed by atoms with Gasteiger partial charge in [0, 0.05) is 5.02 Å². The van der Waals surface area contributed by atoms with Crippen molar-refractivity contribution in [3.8, 4) is 0 Å². The molecule has 0 aliphatic heterocycles. The Balaban J connectivity index is 1.72. The highest BCUT2D eigenvalue weighted by Crippen LogP contribution is 2.21. The summed E-state index contributed by atoms with van der Waals surface area (Å²) < 4.78 is 3.00. The van der Waals surface area contributed by atoms with E-state index in [4.69, 9.17) is 11.6 Å². The zero-order valence-corrected chi connectivity index (χ0v) is 15.5. The number of anilines is 1. The molecule has 0 saturated heterocycles. The first-order valence-electron chi connectivity index (χ1n) is 8.08. The largest absolute Gasteiger partial charge is 0.321 e. The molecule has 1 amide bonds. The minimum atomic E-state index is -0.560. The van der Waals surface area contributed by atoms with Gasteiger partial charge >= 0.3 is 5.69 Å². The van der Waals surface area contributed by atoms with Gasteiger partial charge in [0.2, 0.25) is 5.91 Å². The lowest BCUT2D eigenvalue weighted by Crippen LogP contribution is -2.19. The molecule has 10 heteroatoms. The van der Waals surface area contributed by atoms with Crippen LogP contribution in [0.25, 0.3) is 0 Å². The van der Waals surface area contributed by atoms with E-state index in [1.54, 1.807) is 17.7 Å². The van der Waals surface area contributed by atoms with Crippen LogP contribution in [0, 0.1) is 24.0 Å². The van der Waals surface area contributed by atoms with Crippen LogP contribution in [-0.2, 0) is 17.9 Å². The fourth-order valence-electron chi connectivity index (χ4n) is 2.70. The standard InChI is InChI=1S/C17H17ClN6O3/c1-11-17(20-16(25)10-22-9-15(7-19-22)24(26)27)12(2)23(21-11)8-13-4-3-5-14(18)6-13/h3-7,9H,8,10H2,1-2H3,(H,20,25). The van der Waals surface area contributed by atoms with Gasteiger partial charge in [-0.15, -0.1) is 0 Å². The van der Waals surface area contributed by atoms with Gasteiger partial charge in [-0.25, -0.2) is 0 Å². The number of nitro groups is 1. The van der Waals surface area contributed by atoms with Crippen LogP contribution >= 0.6 is 11.6 Å². The van der Waals surface area contributed by atoms with Crippen LogP contribution in [0.15, 0.2) is 36.7 Å². The van der Waals surface area contributed by atoms with Gasteiger partial charge in [-0.05, 0) is 31.5 Å². The summed E-state index contributed by atoms with van der Waals surface area (Å²) >= 11 is 6.02. The van der Waals surface area contributed by atoms with Crippen molar-refractivity contribution in [1.29, 1.82) is 0 Å². The zero-order valence-electron chi connectivity index (χ0n) is 14.7. The van der Waals surface area contributed by atoms with Crippen LogP contribution in [0.2, 0.25) is 5.02 Å². The van der Waals surface area contributed by atoms with Crippen molar-refractivity contribution in [1.82, 2.24) is 19.6 Å². The maximum atomic E-state index is 12.3. The van der Waals surface area contributed by atoms with Gasteiger partial charge < -0.3 is 5.32 Å². The molecule has 0 unspecified atom stereocenters. The number of benzene rings is 1. The first-order chi connectivity index (χ1) is 12.8. The normalized spacial score (nSPS) is 10.8. The molecule has 0 aliphatic carbocycles. The third-order valence-corrected chi connectivity index (χ3v) is 4.24. The highest BCUT2D eigenvalue weighted by atomic mass is 35.5. The van der Waals surface area contributed by atoms with Crippen molar-refractivity contribution in [2.45, 2.75) is 26.9 Å². The molecular formula is C17H17ClN6O3. The van der Waals surface area contributed by atoms with E-state index in [9.17, 15) is 14.9 Å². The smallest absolute Gasteiger partial charge is 0.307 e. The molecule has 1 N–H and O–H groups in total. The van der Waals surface area contributed by atoms with E-state index in [2.05, 4.69) is 15.5 Å². The Bertz CT molecular complexity index is 1010. The molecule has 0 radical (unpaired) electrons. The van der Waals surface area contributed by atoms with Crippen molar-refractivity contribution in [2.75, 3.05) is 5.32 Å². The van der Waals surface area contributed by atoms with Gasteiger partial charge in [-0.2, -0.15) is 10.2 Å². The first-order valence-corrected chi connectivity index (χ1v) is 8.46. The summed E-state index contributed by atoms with van der Waals surface area (Å²) in [5.41, 5.74) is 2.92. The van der Waals surface area contributed by atoms with Crippen LogP contribution in [0.3, 0.4) is 0 Å². The maximum Gasteiger partial charge on any atom is 0.307 e. The van der Waals surface area contributed by atoms with Crippen molar-refractivity contribution >= 4 is 28.9 Å². The van der Waals surface area contributed by atoms with Gasteiger partial charge in [0.25, 0.3) is 0 Å². The number of aromatic nitrogens is 4. The van der Waals surface area contributed by atoms with Gasteiger partial charge in [-0.1, -0.05) is 23.7 Å². The molecule has 2 aromatic heterocycles. The highest BCUT2D eigenvalue weighted by molar-refractivity contribution is 6.30. The number of halogens is 1. The van der Waals surface area contributed by atoms with Crippen molar-refractivity contribution in [3.05, 3.63) is 68.7 Å². The Labute approximate surface area is 159 Å². The van der Waals surface area contributed by atoms with Crippen LogP contribution in [0.4, 0.5) is 11.4 Å². The average Bonchev–Trinajstić information content (AvgIpc) is 3.16. The van der Waals surface area contributed by atoms with Crippen molar-refractivity contribution in [2.24, 2.45) is 0 Å². The minimum absolute atomic E-state index is 0.133. The second kappa shape index (κ2) is 7.58. The van der Waals surface area contributed by atoms with E-state index in [1.807, 2.05) is 25.1 Å². The number of aryl methyl sites for hydroxylation is 1. The molecule has 27 heavy (non-hydrogen) atoms. The highest BCUT2D eigenvalue weighted by Gasteiger charge is 2.16. The van der Waals surface area contributed by atoms with Gasteiger partial charge in [0.05, 0.1) is 28.5 Å². The number of rotatable bonds is 6. The van der Waals surface area contributed by atoms with Crippen LogP contribution < -0.4 is 5.32 Å². The molecule has 3 aromatic rings. The molecular weight excluding hydrogens is 372 g/mol. The van der Waals surface area contributed by atoms with E-state index >= 15 is 0 Å². The third-order valence-electron chi connectivity index (χ3n) is 4.00. The fourth-order valence-corrected chi connectivity index (χ4v) is 2.91. The molecule has 0 saturated carbocycles. The summed E-state index contributed by atoms with van der Waals surface area (Å²) in [5.74, 6) is -0.346. The first kappa shape index (κ1) is 18.6. The monoisotopic (exact) mass is 388 g/mol. The SMILES string of the molecule is Cc1nn(Cc2cccc(Cl)c2)c(C)c1NC(=O)Cn1cc([N+](=O)[O-])cn1. The minimum Gasteiger partial charge on any atom is -0.321 e. The zero-order chi connectivity index (χ0) is 19.6. The van der Waals surface area contributed by atoms with E-state index in [0.717, 1.165) is 17.5 Å². The molecule has 9 nitrogen and oxygen atoms in total. The predicted octanol–water partition coefficient (Wildman–Crippen LogP) is 2.95. The second-order valence-corrected chi connectivity index (χ2v) is 6.47. The van der Waals surface area contributed by atoms with E-state index in [0.29, 0.717) is 22.9 Å². The molecule has 0 spiro atoms. The molecule has 0 bridgehead atoms. The Kier molecular flexibility index (Phi) is 5.22. The lowest BCUT2D eigenvalue weighted by molar-refractivity contribution is -0.385. The number of nitrogens with zero attached hydrogens (tertiary/aromatic N) is 5. The average molecular weight is 389 g/mol. The number of hydrogen-bond donors (Lipinski definition) is 1. The van der Waals surface area contributed by atoms with Crippen molar-refractivity contribution < 1.29 is 9.72 Å². The summed E-state index contributed by atoms with van der Waals surface area (Å²) in [6.45, 7) is 4.05. The lowest BCUT2D eigenvalue weighted by Gasteiger charge is -2.08. The summed E-state index contributed by atoms with van der Waals surface area (Å²) in [6, 6.07) is 7.49. The van der Waals surface area contributed by atoms with Gasteiger partial charge in [0.15, 0.2) is 0 Å². The summed E-state index contributed by atoms with van der Waals surface area (Å²) in [4.78, 5) is 22.4. The topological polar surface area (TPSA) is 108 Å². The van der Waals surface area contributed by atoms with E-state index in [1.165, 1.54) is 10.9 Å². The van der Waals surface area contributed by atoms with Crippen LogP contribution in [0.5, 0.6) is 0 Å². The molecule has 0 atom stereocenters. The quantitative estimate of drug-likeness (QED) is 0.516. The molecule has 3 rings (SSSR count). The van der Waals surface area contributed by atoms with Crippen molar-refractivity contribution in [3.63, 3.8) is 0 Å². The molecule has 0 fully saturated rings. The second-order valence-electron chi connectivity index (χ2n) is 6.03. The van der Waals surface area contributed by atoms with Gasteiger partial charge in [-0.3, -0.25) is 24.3 Å².